The van der Waals surface area contributed by atoms with Crippen molar-refractivity contribution in [3.05, 3.63) is 28.8 Å². The van der Waals surface area contributed by atoms with E-state index in [9.17, 15) is 4.79 Å². The molecule has 3 nitrogen and oxygen atoms in total. The van der Waals surface area contributed by atoms with Gasteiger partial charge in [0.15, 0.2) is 0 Å². The molecule has 4 heteroatoms. The summed E-state index contributed by atoms with van der Waals surface area (Å²) in [6.07, 6.45) is 2.78. The number of amides is 1. The van der Waals surface area contributed by atoms with E-state index >= 15 is 0 Å². The molecule has 0 saturated carbocycles. The van der Waals surface area contributed by atoms with Crippen molar-refractivity contribution in [3.63, 3.8) is 0 Å². The second kappa shape index (κ2) is 6.21. The third-order valence-corrected chi connectivity index (χ3v) is 3.88. The molecule has 0 radical (unpaired) electrons. The fourth-order valence-corrected chi connectivity index (χ4v) is 2.47. The van der Waals surface area contributed by atoms with Crippen molar-refractivity contribution < 1.29 is 4.79 Å². The van der Waals surface area contributed by atoms with Gasteiger partial charge in [-0.05, 0) is 56.5 Å². The first-order valence-electron chi connectivity index (χ1n) is 6.42. The number of benzene rings is 1. The molecule has 1 amide bonds. The van der Waals surface area contributed by atoms with E-state index in [1.54, 1.807) is 0 Å². The zero-order valence-corrected chi connectivity index (χ0v) is 11.4. The van der Waals surface area contributed by atoms with E-state index in [-0.39, 0.29) is 5.91 Å². The third kappa shape index (κ3) is 3.47. The largest absolute Gasteiger partial charge is 0.326 e. The maximum Gasteiger partial charge on any atom is 0.224 e. The number of carbonyl (C=O) groups excluding carboxylic acids is 1. The zero-order valence-electron chi connectivity index (χ0n) is 10.6. The second-order valence-electron chi connectivity index (χ2n) is 4.86. The first-order chi connectivity index (χ1) is 8.66. The van der Waals surface area contributed by atoms with Crippen molar-refractivity contribution in [2.45, 2.75) is 26.2 Å². The van der Waals surface area contributed by atoms with E-state index < -0.39 is 0 Å². The summed E-state index contributed by atoms with van der Waals surface area (Å²) in [7, 11) is 0. The summed E-state index contributed by atoms with van der Waals surface area (Å²) in [6, 6.07) is 5.58. The molecule has 1 fully saturated rings. The van der Waals surface area contributed by atoms with Crippen molar-refractivity contribution in [1.29, 1.82) is 0 Å². The van der Waals surface area contributed by atoms with Crippen molar-refractivity contribution in [2.24, 2.45) is 5.92 Å². The van der Waals surface area contributed by atoms with Crippen LogP contribution in [0.4, 0.5) is 5.69 Å². The maximum absolute atomic E-state index is 12.0. The Balaban J connectivity index is 1.92. The third-order valence-electron chi connectivity index (χ3n) is 3.47. The van der Waals surface area contributed by atoms with Gasteiger partial charge in [-0.15, -0.1) is 0 Å². The molecule has 1 aliphatic heterocycles. The van der Waals surface area contributed by atoms with Crippen LogP contribution >= 0.6 is 11.6 Å². The van der Waals surface area contributed by atoms with Crippen LogP contribution in [-0.2, 0) is 4.79 Å². The minimum absolute atomic E-state index is 0.0901. The first-order valence-corrected chi connectivity index (χ1v) is 6.80. The predicted molar refractivity (Wildman–Crippen MR) is 75.0 cm³/mol. The molecular formula is C14H19ClN2O. The molecule has 98 valence electrons. The number of piperidine rings is 1. The number of nitrogens with one attached hydrogen (secondary N) is 2. The highest BCUT2D eigenvalue weighted by Gasteiger charge is 2.17. The van der Waals surface area contributed by atoms with Crippen molar-refractivity contribution >= 4 is 23.2 Å². The summed E-state index contributed by atoms with van der Waals surface area (Å²) in [5, 5.41) is 6.95. The molecule has 0 aromatic heterocycles. The minimum Gasteiger partial charge on any atom is -0.326 e. The highest BCUT2D eigenvalue weighted by Crippen LogP contribution is 2.24. The van der Waals surface area contributed by atoms with Gasteiger partial charge in [0.05, 0.1) is 0 Å². The van der Waals surface area contributed by atoms with Crippen LogP contribution in [0.1, 0.15) is 24.8 Å². The van der Waals surface area contributed by atoms with Gasteiger partial charge in [-0.25, -0.2) is 0 Å². The fraction of sp³-hybridized carbons (Fsp3) is 0.500. The van der Waals surface area contributed by atoms with Crippen LogP contribution in [0.3, 0.4) is 0 Å². The molecule has 1 heterocycles. The van der Waals surface area contributed by atoms with Gasteiger partial charge in [-0.3, -0.25) is 4.79 Å². The van der Waals surface area contributed by atoms with Gasteiger partial charge < -0.3 is 10.6 Å². The van der Waals surface area contributed by atoms with Crippen LogP contribution in [0.2, 0.25) is 5.02 Å². The SMILES string of the molecule is Cc1c(Cl)cccc1NC(=O)CC1CCNCC1. The quantitative estimate of drug-likeness (QED) is 0.883. The molecule has 18 heavy (non-hydrogen) atoms. The molecule has 0 aliphatic carbocycles. The van der Waals surface area contributed by atoms with Crippen LogP contribution < -0.4 is 10.6 Å². The standard InChI is InChI=1S/C14H19ClN2O/c1-10-12(15)3-2-4-13(10)17-14(18)9-11-5-7-16-8-6-11/h2-4,11,16H,5-9H2,1H3,(H,17,18). The average molecular weight is 267 g/mol. The van der Waals surface area contributed by atoms with Crippen molar-refractivity contribution in [1.82, 2.24) is 5.32 Å². The normalized spacial score (nSPS) is 16.6. The van der Waals surface area contributed by atoms with Crippen LogP contribution in [0.15, 0.2) is 18.2 Å². The fourth-order valence-electron chi connectivity index (χ4n) is 2.29. The minimum atomic E-state index is 0.0901. The molecule has 2 N–H and O–H groups in total. The summed E-state index contributed by atoms with van der Waals surface area (Å²) >= 11 is 6.03. The van der Waals surface area contributed by atoms with Gasteiger partial charge in [0.1, 0.15) is 0 Å². The summed E-state index contributed by atoms with van der Waals surface area (Å²) < 4.78 is 0. The summed E-state index contributed by atoms with van der Waals surface area (Å²) in [5.74, 6) is 0.595. The Morgan fingerprint density at radius 2 is 2.17 bits per heavy atom. The topological polar surface area (TPSA) is 41.1 Å². The van der Waals surface area contributed by atoms with Crippen LogP contribution in [0, 0.1) is 12.8 Å². The predicted octanol–water partition coefficient (Wildman–Crippen LogP) is 2.98. The number of rotatable bonds is 3. The highest BCUT2D eigenvalue weighted by molar-refractivity contribution is 6.31. The number of anilines is 1. The number of hydrogen-bond acceptors (Lipinski definition) is 2. The summed E-state index contributed by atoms with van der Waals surface area (Å²) in [5.41, 5.74) is 1.75. The lowest BCUT2D eigenvalue weighted by Crippen LogP contribution is -2.30. The van der Waals surface area contributed by atoms with Gasteiger partial charge in [0, 0.05) is 17.1 Å². The zero-order chi connectivity index (χ0) is 13.0. The molecule has 0 bridgehead atoms. The number of hydrogen-bond donors (Lipinski definition) is 2. The van der Waals surface area contributed by atoms with Crippen LogP contribution in [-0.4, -0.2) is 19.0 Å². The Kier molecular flexibility index (Phi) is 4.61. The van der Waals surface area contributed by atoms with E-state index in [0.29, 0.717) is 17.4 Å². The molecule has 1 aromatic carbocycles. The van der Waals surface area contributed by atoms with E-state index in [1.165, 1.54) is 0 Å². The molecule has 0 spiro atoms. The van der Waals surface area contributed by atoms with E-state index in [1.807, 2.05) is 25.1 Å². The molecule has 1 saturated heterocycles. The Hall–Kier alpha value is -1.06. The molecule has 2 rings (SSSR count). The van der Waals surface area contributed by atoms with Gasteiger partial charge in [-0.1, -0.05) is 17.7 Å². The molecular weight excluding hydrogens is 248 g/mol. The monoisotopic (exact) mass is 266 g/mol. The second-order valence-corrected chi connectivity index (χ2v) is 5.27. The smallest absolute Gasteiger partial charge is 0.224 e. The molecule has 1 aliphatic rings. The Morgan fingerprint density at radius 3 is 2.89 bits per heavy atom. The Labute approximate surface area is 113 Å². The Bertz CT molecular complexity index is 428. The number of carbonyl (C=O) groups is 1. The Morgan fingerprint density at radius 1 is 1.44 bits per heavy atom. The average Bonchev–Trinajstić information content (AvgIpc) is 2.36. The van der Waals surface area contributed by atoms with E-state index in [2.05, 4.69) is 10.6 Å². The van der Waals surface area contributed by atoms with Gasteiger partial charge in [0.25, 0.3) is 0 Å². The summed E-state index contributed by atoms with van der Waals surface area (Å²) in [4.78, 5) is 12.0. The van der Waals surface area contributed by atoms with E-state index in [0.717, 1.165) is 37.2 Å². The molecule has 0 unspecified atom stereocenters. The highest BCUT2D eigenvalue weighted by atomic mass is 35.5. The molecule has 1 aromatic rings. The van der Waals surface area contributed by atoms with Gasteiger partial charge >= 0.3 is 0 Å². The maximum atomic E-state index is 12.0. The molecule has 0 atom stereocenters. The lowest BCUT2D eigenvalue weighted by atomic mass is 9.94. The van der Waals surface area contributed by atoms with Gasteiger partial charge in [0.2, 0.25) is 5.91 Å². The lowest BCUT2D eigenvalue weighted by Gasteiger charge is -2.22. The summed E-state index contributed by atoms with van der Waals surface area (Å²) in [6.45, 7) is 3.96. The van der Waals surface area contributed by atoms with Gasteiger partial charge in [-0.2, -0.15) is 0 Å². The lowest BCUT2D eigenvalue weighted by molar-refractivity contribution is -0.117. The van der Waals surface area contributed by atoms with Crippen LogP contribution in [0.5, 0.6) is 0 Å². The first kappa shape index (κ1) is 13.4. The van der Waals surface area contributed by atoms with Crippen LogP contribution in [0.25, 0.3) is 0 Å². The van der Waals surface area contributed by atoms with Crippen molar-refractivity contribution in [2.75, 3.05) is 18.4 Å². The van der Waals surface area contributed by atoms with E-state index in [4.69, 9.17) is 11.6 Å². The number of halogens is 1. The van der Waals surface area contributed by atoms with Crippen molar-refractivity contribution in [3.8, 4) is 0 Å².